The highest BCUT2D eigenvalue weighted by molar-refractivity contribution is 6.00. The Bertz CT molecular complexity index is 886. The van der Waals surface area contributed by atoms with Crippen molar-refractivity contribution in [2.45, 2.75) is 32.9 Å². The number of amides is 1. The predicted octanol–water partition coefficient (Wildman–Crippen LogP) is 4.11. The molecule has 0 saturated carbocycles. The van der Waals surface area contributed by atoms with Crippen molar-refractivity contribution in [2.75, 3.05) is 10.6 Å². The Morgan fingerprint density at radius 1 is 1.23 bits per heavy atom. The lowest BCUT2D eigenvalue weighted by Gasteiger charge is -2.33. The van der Waals surface area contributed by atoms with Crippen LogP contribution in [0.1, 0.15) is 30.0 Å². The van der Waals surface area contributed by atoms with Gasteiger partial charge in [-0.1, -0.05) is 12.1 Å². The Balaban J connectivity index is 2.07. The molecule has 1 amide bonds. The molecule has 0 bridgehead atoms. The van der Waals surface area contributed by atoms with E-state index < -0.39 is 35.8 Å². The second-order valence-corrected chi connectivity index (χ2v) is 6.12. The topological polar surface area (TPSA) is 55.6 Å². The molecule has 2 N–H and O–H groups in total. The molecule has 0 saturated heterocycles. The van der Waals surface area contributed by atoms with Crippen LogP contribution >= 0.6 is 0 Å². The van der Waals surface area contributed by atoms with Crippen molar-refractivity contribution < 1.29 is 27.1 Å². The first-order valence-electron chi connectivity index (χ1n) is 7.83. The smallest absolute Gasteiger partial charge is 0.268 e. The molecule has 2 aromatic carbocycles. The Labute approximate surface area is 147 Å². The van der Waals surface area contributed by atoms with Crippen LogP contribution in [0.2, 0.25) is 0 Å². The second-order valence-electron chi connectivity index (χ2n) is 6.12. The van der Waals surface area contributed by atoms with Crippen molar-refractivity contribution in [3.63, 3.8) is 0 Å². The van der Waals surface area contributed by atoms with Crippen LogP contribution in [0.5, 0.6) is 5.75 Å². The molecule has 3 rings (SSSR count). The fraction of sp³-hybridized carbons (Fsp3) is 0.278. The molecule has 1 heterocycles. The van der Waals surface area contributed by atoms with Crippen LogP contribution < -0.4 is 15.4 Å². The molecule has 4 nitrogen and oxygen atoms in total. The van der Waals surface area contributed by atoms with Gasteiger partial charge in [-0.15, -0.1) is 0 Å². The van der Waals surface area contributed by atoms with Crippen molar-refractivity contribution >= 4 is 17.3 Å². The minimum Gasteiger partial charge on any atom is -0.478 e. The summed E-state index contributed by atoms with van der Waals surface area (Å²) < 4.78 is 59.8. The number of anilines is 2. The lowest BCUT2D eigenvalue weighted by Crippen LogP contribution is -2.44. The summed E-state index contributed by atoms with van der Waals surface area (Å²) in [6.07, 6.45) is -3.64. The van der Waals surface area contributed by atoms with Crippen LogP contribution in [-0.2, 0) is 11.3 Å². The summed E-state index contributed by atoms with van der Waals surface area (Å²) in [4.78, 5) is 13.4. The molecular weight excluding hydrogens is 352 g/mol. The van der Waals surface area contributed by atoms with Gasteiger partial charge >= 0.3 is 0 Å². The van der Waals surface area contributed by atoms with Gasteiger partial charge in [-0.3, -0.25) is 9.69 Å². The normalized spacial score (nSPS) is 16.7. The Morgan fingerprint density at radius 2 is 1.92 bits per heavy atom. The van der Waals surface area contributed by atoms with Gasteiger partial charge in [0.1, 0.15) is 11.4 Å². The molecule has 0 fully saturated rings. The van der Waals surface area contributed by atoms with Crippen LogP contribution in [0.3, 0.4) is 0 Å². The average Bonchev–Trinajstić information content (AvgIpc) is 2.58. The highest BCUT2D eigenvalue weighted by Crippen LogP contribution is 2.41. The van der Waals surface area contributed by atoms with Crippen LogP contribution in [0.25, 0.3) is 0 Å². The Kier molecular flexibility index (Phi) is 4.52. The minimum atomic E-state index is -2.68. The maximum atomic E-state index is 14.4. The van der Waals surface area contributed by atoms with Crippen molar-refractivity contribution in [1.82, 2.24) is 0 Å². The van der Waals surface area contributed by atoms with Gasteiger partial charge in [0.05, 0.1) is 12.2 Å². The summed E-state index contributed by atoms with van der Waals surface area (Å²) in [6, 6.07) is 5.40. The molecule has 0 radical (unpaired) electrons. The lowest BCUT2D eigenvalue weighted by molar-refractivity contribution is -0.125. The van der Waals surface area contributed by atoms with Crippen LogP contribution in [0, 0.1) is 18.6 Å². The van der Waals surface area contributed by atoms with Gasteiger partial charge < -0.3 is 10.5 Å². The van der Waals surface area contributed by atoms with Gasteiger partial charge in [0, 0.05) is 11.6 Å². The van der Waals surface area contributed by atoms with Gasteiger partial charge in [0.2, 0.25) is 0 Å². The highest BCUT2D eigenvalue weighted by atomic mass is 19.3. The first-order chi connectivity index (χ1) is 12.2. The van der Waals surface area contributed by atoms with E-state index in [9.17, 15) is 22.4 Å². The first kappa shape index (κ1) is 18.0. The molecule has 1 aliphatic heterocycles. The molecule has 0 spiro atoms. The zero-order valence-electron chi connectivity index (χ0n) is 14.0. The van der Waals surface area contributed by atoms with E-state index in [1.54, 1.807) is 13.0 Å². The molecular formula is C18H16F4N2O2. The molecule has 138 valence electrons. The average molecular weight is 368 g/mol. The van der Waals surface area contributed by atoms with E-state index in [-0.39, 0.29) is 23.5 Å². The third-order valence-electron chi connectivity index (χ3n) is 4.28. The SMILES string of the molecule is Cc1ccc(CN2C(=O)[C@@H](C)Oc3cc(N)c(F)c(F)c32)cc1C(F)F. The number of carbonyl (C=O) groups excluding carboxylic acids is 1. The number of halogens is 4. The van der Waals surface area contributed by atoms with Gasteiger partial charge in [-0.05, 0) is 31.0 Å². The van der Waals surface area contributed by atoms with Crippen molar-refractivity contribution in [3.05, 3.63) is 52.6 Å². The van der Waals surface area contributed by atoms with E-state index in [0.717, 1.165) is 11.0 Å². The number of nitrogens with two attached hydrogens (primary N) is 1. The van der Waals surface area contributed by atoms with E-state index in [0.29, 0.717) is 11.1 Å². The van der Waals surface area contributed by atoms with E-state index in [1.807, 2.05) is 0 Å². The quantitative estimate of drug-likeness (QED) is 0.655. The molecule has 26 heavy (non-hydrogen) atoms. The molecule has 8 heteroatoms. The number of aryl methyl sites for hydroxylation is 1. The fourth-order valence-corrected chi connectivity index (χ4v) is 2.89. The van der Waals surface area contributed by atoms with E-state index >= 15 is 0 Å². The summed E-state index contributed by atoms with van der Waals surface area (Å²) in [5.41, 5.74) is 5.15. The lowest BCUT2D eigenvalue weighted by atomic mass is 10.0. The van der Waals surface area contributed by atoms with Crippen LogP contribution in [-0.4, -0.2) is 12.0 Å². The fourth-order valence-electron chi connectivity index (χ4n) is 2.89. The molecule has 0 unspecified atom stereocenters. The zero-order chi connectivity index (χ0) is 19.2. The number of hydrogen-bond donors (Lipinski definition) is 1. The number of nitrogen functional groups attached to an aromatic ring is 1. The van der Waals surface area contributed by atoms with Crippen molar-refractivity contribution in [1.29, 1.82) is 0 Å². The number of alkyl halides is 2. The monoisotopic (exact) mass is 368 g/mol. The molecule has 1 aliphatic rings. The van der Waals surface area contributed by atoms with E-state index in [4.69, 9.17) is 10.5 Å². The third-order valence-corrected chi connectivity index (χ3v) is 4.28. The first-order valence-corrected chi connectivity index (χ1v) is 7.83. The molecule has 2 aromatic rings. The van der Waals surface area contributed by atoms with Gasteiger partial charge in [-0.2, -0.15) is 0 Å². The Morgan fingerprint density at radius 3 is 2.58 bits per heavy atom. The maximum Gasteiger partial charge on any atom is 0.268 e. The number of ether oxygens (including phenoxy) is 1. The number of rotatable bonds is 3. The number of benzene rings is 2. The summed E-state index contributed by atoms with van der Waals surface area (Å²) in [7, 11) is 0. The number of fused-ring (bicyclic) bond motifs is 1. The number of carbonyl (C=O) groups is 1. The third kappa shape index (κ3) is 2.95. The molecule has 0 aliphatic carbocycles. The summed E-state index contributed by atoms with van der Waals surface area (Å²) in [5, 5.41) is 0. The van der Waals surface area contributed by atoms with Gasteiger partial charge in [-0.25, -0.2) is 17.6 Å². The minimum absolute atomic E-state index is 0.0744. The summed E-state index contributed by atoms with van der Waals surface area (Å²) in [5.74, 6) is -3.30. The summed E-state index contributed by atoms with van der Waals surface area (Å²) >= 11 is 0. The van der Waals surface area contributed by atoms with Crippen molar-refractivity contribution in [2.24, 2.45) is 0 Å². The summed E-state index contributed by atoms with van der Waals surface area (Å²) in [6.45, 7) is 2.79. The van der Waals surface area contributed by atoms with E-state index in [1.165, 1.54) is 19.1 Å². The Hall–Kier alpha value is -2.77. The largest absolute Gasteiger partial charge is 0.478 e. The number of hydrogen-bond acceptors (Lipinski definition) is 3. The predicted molar refractivity (Wildman–Crippen MR) is 88.2 cm³/mol. The van der Waals surface area contributed by atoms with Crippen molar-refractivity contribution in [3.8, 4) is 5.75 Å². The maximum absolute atomic E-state index is 14.4. The van der Waals surface area contributed by atoms with E-state index in [2.05, 4.69) is 0 Å². The standard InChI is InChI=1S/C18H16F4N2O2/c1-8-3-4-10(5-11(8)17(21)22)7-24-16-13(26-9(2)18(24)25)6-12(23)14(19)15(16)20/h3-6,9,17H,7,23H2,1-2H3/t9-/m1/s1. The molecule has 1 atom stereocenters. The highest BCUT2D eigenvalue weighted by Gasteiger charge is 2.36. The van der Waals surface area contributed by atoms with Gasteiger partial charge in [0.15, 0.2) is 17.7 Å². The molecule has 0 aromatic heterocycles. The second kappa shape index (κ2) is 6.51. The number of nitrogens with zero attached hydrogens (tertiary/aromatic N) is 1. The zero-order valence-corrected chi connectivity index (χ0v) is 14.0. The van der Waals surface area contributed by atoms with Crippen LogP contribution in [0.4, 0.5) is 28.9 Å². The van der Waals surface area contributed by atoms with Gasteiger partial charge in [0.25, 0.3) is 12.3 Å². The van der Waals surface area contributed by atoms with Crippen LogP contribution in [0.15, 0.2) is 24.3 Å².